The summed E-state index contributed by atoms with van der Waals surface area (Å²) in [5, 5.41) is 26.7. The van der Waals surface area contributed by atoms with Crippen molar-refractivity contribution in [2.75, 3.05) is 13.1 Å². The summed E-state index contributed by atoms with van der Waals surface area (Å²) in [7, 11) is 0. The van der Waals surface area contributed by atoms with Crippen LogP contribution in [0.1, 0.15) is 117 Å². The number of allylic oxidation sites excluding steroid dienone is 2. The van der Waals surface area contributed by atoms with Crippen LogP contribution in [-0.2, 0) is 6.42 Å². The second-order valence-electron chi connectivity index (χ2n) is 13.8. The molecule has 7 heteroatoms. The normalized spacial score (nSPS) is 25.7. The first-order valence-corrected chi connectivity index (χ1v) is 16.9. The topological polar surface area (TPSA) is 103 Å². The Morgan fingerprint density at radius 2 is 1.87 bits per heavy atom. The van der Waals surface area contributed by atoms with Gasteiger partial charge in [-0.2, -0.15) is 0 Å². The molecule has 2 amide bonds. The van der Waals surface area contributed by atoms with Crippen LogP contribution in [0.5, 0.6) is 0 Å². The first kappa shape index (κ1) is 33.7. The average molecular weight is 627 g/mol. The minimum atomic E-state index is -1.18. The van der Waals surface area contributed by atoms with Gasteiger partial charge in [0, 0.05) is 17.5 Å². The molecule has 0 radical (unpaired) electrons. The molecular formula is C39H50N2O5. The molecule has 1 fully saturated rings. The van der Waals surface area contributed by atoms with Crippen LogP contribution >= 0.6 is 0 Å². The summed E-state index contributed by atoms with van der Waals surface area (Å²) in [6, 6.07) is 18.9. The maximum absolute atomic E-state index is 13.9. The van der Waals surface area contributed by atoms with Crippen LogP contribution < -0.4 is 5.32 Å². The fourth-order valence-corrected chi connectivity index (χ4v) is 7.68. The van der Waals surface area contributed by atoms with Gasteiger partial charge in [-0.15, -0.1) is 0 Å². The van der Waals surface area contributed by atoms with Crippen LogP contribution in [-0.4, -0.2) is 51.7 Å². The van der Waals surface area contributed by atoms with Crippen molar-refractivity contribution in [2.45, 2.75) is 103 Å². The summed E-state index contributed by atoms with van der Waals surface area (Å²) in [4.78, 5) is 29.4. The zero-order valence-corrected chi connectivity index (χ0v) is 27.8. The molecule has 3 N–H and O–H groups in total. The Bertz CT molecular complexity index is 1520. The molecule has 0 spiro atoms. The number of urea groups is 1. The van der Waals surface area contributed by atoms with E-state index in [0.29, 0.717) is 44.2 Å². The molecule has 246 valence electrons. The van der Waals surface area contributed by atoms with Crippen molar-refractivity contribution >= 4 is 11.8 Å². The number of fused-ring (bicyclic) bond motifs is 8. The van der Waals surface area contributed by atoms with Crippen molar-refractivity contribution in [3.05, 3.63) is 107 Å². The standard InChI is InChI=1S/C39H50N2O5/c1-5-22-41(37(44)40-28(3)30-12-7-6-8-13-30)26-39(45)21-19-34-32-18-16-29(25-33(32)36(43)35-14-10-23-46-35)24-31(42)17-15-27(2)11-9-20-38(34,39)4/h6-8,10-14,16,18,23,25,28,31,34,42,45H,5,9,15,17,19-22,24,26H2,1-4H3,(H,40,44)/t28-,31+,34+,38+,39-/m1/s1. The molecule has 1 heterocycles. The molecule has 0 unspecified atom stereocenters. The zero-order chi connectivity index (χ0) is 32.9. The number of hydrogen-bond acceptors (Lipinski definition) is 5. The highest BCUT2D eigenvalue weighted by Crippen LogP contribution is 2.59. The van der Waals surface area contributed by atoms with Gasteiger partial charge in [0.05, 0.1) is 30.6 Å². The van der Waals surface area contributed by atoms with Crippen molar-refractivity contribution < 1.29 is 24.2 Å². The Labute approximate surface area is 273 Å². The van der Waals surface area contributed by atoms with E-state index in [4.69, 9.17) is 4.42 Å². The van der Waals surface area contributed by atoms with Gasteiger partial charge >= 0.3 is 6.03 Å². The van der Waals surface area contributed by atoms with Gasteiger partial charge in [0.2, 0.25) is 5.78 Å². The minimum Gasteiger partial charge on any atom is -0.461 e. The second kappa shape index (κ2) is 14.4. The Morgan fingerprint density at radius 3 is 2.59 bits per heavy atom. The summed E-state index contributed by atoms with van der Waals surface area (Å²) in [6.45, 7) is 9.00. The number of nitrogens with one attached hydrogen (secondary N) is 1. The highest BCUT2D eigenvalue weighted by molar-refractivity contribution is 6.08. The average Bonchev–Trinajstić information content (AvgIpc) is 3.67. The van der Waals surface area contributed by atoms with E-state index >= 15 is 0 Å². The van der Waals surface area contributed by atoms with Gasteiger partial charge in [0.1, 0.15) is 0 Å². The van der Waals surface area contributed by atoms with Crippen molar-refractivity contribution in [3.63, 3.8) is 0 Å². The van der Waals surface area contributed by atoms with E-state index in [1.807, 2.05) is 62.4 Å². The van der Waals surface area contributed by atoms with Crippen LogP contribution in [0.15, 0.2) is 83.0 Å². The van der Waals surface area contributed by atoms with Gasteiger partial charge in [0.25, 0.3) is 0 Å². The summed E-state index contributed by atoms with van der Waals surface area (Å²) < 4.78 is 5.55. The molecule has 3 aliphatic carbocycles. The third kappa shape index (κ3) is 7.16. The molecule has 6 rings (SSSR count). The van der Waals surface area contributed by atoms with Crippen molar-refractivity contribution in [3.8, 4) is 0 Å². The van der Waals surface area contributed by atoms with Gasteiger partial charge in [0.15, 0.2) is 5.76 Å². The lowest BCUT2D eigenvalue weighted by atomic mass is 9.64. The number of furan rings is 1. The Morgan fingerprint density at radius 1 is 1.09 bits per heavy atom. The van der Waals surface area contributed by atoms with E-state index in [9.17, 15) is 19.8 Å². The fourth-order valence-electron chi connectivity index (χ4n) is 7.68. The smallest absolute Gasteiger partial charge is 0.317 e. The number of aliphatic hydroxyl groups is 2. The lowest BCUT2D eigenvalue weighted by Gasteiger charge is -2.46. The van der Waals surface area contributed by atoms with Crippen LogP contribution in [0.4, 0.5) is 4.79 Å². The van der Waals surface area contributed by atoms with Crippen molar-refractivity contribution in [1.29, 1.82) is 0 Å². The number of ketones is 1. The van der Waals surface area contributed by atoms with Gasteiger partial charge < -0.3 is 24.8 Å². The molecular weight excluding hydrogens is 576 g/mol. The van der Waals surface area contributed by atoms with E-state index < -0.39 is 17.1 Å². The SMILES string of the molecule is CCCN(C[C@]1(O)CC[C@H]2c3ccc(cc3C(=O)c3ccco3)C[C@@H](O)CCC(C)=CCC[C@@]21C)C(=O)N[C@H](C)c1ccccc1. The van der Waals surface area contributed by atoms with E-state index in [0.717, 1.165) is 36.0 Å². The Balaban J connectivity index is 1.52. The molecule has 5 atom stereocenters. The number of nitrogens with zero attached hydrogens (tertiary/aromatic N) is 1. The number of carbonyl (C=O) groups excluding carboxylic acids is 2. The highest BCUT2D eigenvalue weighted by Gasteiger charge is 2.57. The first-order valence-electron chi connectivity index (χ1n) is 16.9. The number of hydrogen-bond donors (Lipinski definition) is 3. The van der Waals surface area contributed by atoms with E-state index in [2.05, 4.69) is 25.2 Å². The monoisotopic (exact) mass is 626 g/mol. The molecule has 1 aromatic heterocycles. The van der Waals surface area contributed by atoms with Crippen LogP contribution in [0.2, 0.25) is 0 Å². The molecule has 2 aromatic carbocycles. The molecule has 2 bridgehead atoms. The number of aliphatic hydroxyl groups excluding tert-OH is 1. The van der Waals surface area contributed by atoms with E-state index in [1.54, 1.807) is 17.0 Å². The summed E-state index contributed by atoms with van der Waals surface area (Å²) in [6.07, 6.45) is 8.50. The van der Waals surface area contributed by atoms with Crippen molar-refractivity contribution in [2.24, 2.45) is 5.41 Å². The summed E-state index contributed by atoms with van der Waals surface area (Å²) in [5.74, 6) is -0.0532. The predicted octanol–water partition coefficient (Wildman–Crippen LogP) is 7.73. The molecule has 46 heavy (non-hydrogen) atoms. The van der Waals surface area contributed by atoms with Crippen LogP contribution in [0, 0.1) is 5.41 Å². The molecule has 3 aromatic rings. The number of amides is 2. The molecule has 0 aliphatic heterocycles. The predicted molar refractivity (Wildman–Crippen MR) is 181 cm³/mol. The number of carbonyl (C=O) groups is 2. The fraction of sp³-hybridized carbons (Fsp3) is 0.487. The second-order valence-corrected chi connectivity index (χ2v) is 13.8. The number of rotatable bonds is 8. The molecule has 7 nitrogen and oxygen atoms in total. The van der Waals surface area contributed by atoms with Crippen LogP contribution in [0.3, 0.4) is 0 Å². The minimum absolute atomic E-state index is 0.128. The quantitative estimate of drug-likeness (QED) is 0.175. The third-order valence-electron chi connectivity index (χ3n) is 10.5. The highest BCUT2D eigenvalue weighted by atomic mass is 16.3. The lowest BCUT2D eigenvalue weighted by molar-refractivity contribution is -0.0770. The van der Waals surface area contributed by atoms with Gasteiger partial charge in [-0.1, -0.05) is 68.0 Å². The summed E-state index contributed by atoms with van der Waals surface area (Å²) >= 11 is 0. The number of benzene rings is 2. The summed E-state index contributed by atoms with van der Waals surface area (Å²) in [5.41, 5.74) is 2.78. The third-order valence-corrected chi connectivity index (χ3v) is 10.5. The van der Waals surface area contributed by atoms with Crippen molar-refractivity contribution in [1.82, 2.24) is 10.2 Å². The lowest BCUT2D eigenvalue weighted by Crippen LogP contribution is -2.55. The Hall–Kier alpha value is -3.68. The zero-order valence-electron chi connectivity index (χ0n) is 27.8. The van der Waals surface area contributed by atoms with Gasteiger partial charge in [-0.3, -0.25) is 4.79 Å². The maximum Gasteiger partial charge on any atom is 0.317 e. The maximum atomic E-state index is 13.9. The van der Waals surface area contributed by atoms with Gasteiger partial charge in [-0.05, 0) is 106 Å². The van der Waals surface area contributed by atoms with Gasteiger partial charge in [-0.25, -0.2) is 4.79 Å². The Kier molecular flexibility index (Phi) is 10.5. The van der Waals surface area contributed by atoms with E-state index in [-0.39, 0.29) is 36.1 Å². The molecule has 0 saturated heterocycles. The van der Waals surface area contributed by atoms with Crippen LogP contribution in [0.25, 0.3) is 0 Å². The molecule has 1 saturated carbocycles. The largest absolute Gasteiger partial charge is 0.461 e. The first-order chi connectivity index (χ1) is 22.0. The molecule has 3 aliphatic rings. The van der Waals surface area contributed by atoms with E-state index in [1.165, 1.54) is 11.8 Å².